The molecular formula is C28H35Cl2N3O4S. The number of halogens is 2. The summed E-state index contributed by atoms with van der Waals surface area (Å²) in [5, 5.41) is 10.8. The molecule has 0 saturated carbocycles. The van der Waals surface area contributed by atoms with E-state index in [1.54, 1.807) is 44.1 Å². The van der Waals surface area contributed by atoms with E-state index in [1.807, 2.05) is 12.1 Å². The minimum atomic E-state index is -1.09. The molecule has 1 fully saturated rings. The van der Waals surface area contributed by atoms with Crippen LogP contribution in [0.25, 0.3) is 0 Å². The minimum Gasteiger partial charge on any atom is -0.465 e. The van der Waals surface area contributed by atoms with Crippen LogP contribution < -0.4 is 0 Å². The number of likely N-dealkylation sites (N-methyl/N-ethyl adjacent to an activating group) is 2. The van der Waals surface area contributed by atoms with Gasteiger partial charge in [0.15, 0.2) is 0 Å². The molecule has 0 radical (unpaired) electrons. The van der Waals surface area contributed by atoms with E-state index in [0.717, 1.165) is 25.9 Å². The number of piperidine rings is 1. The molecule has 1 saturated heterocycles. The Hall–Kier alpha value is -2.13. The lowest BCUT2D eigenvalue weighted by molar-refractivity contribution is -0.131. The van der Waals surface area contributed by atoms with E-state index in [-0.39, 0.29) is 17.2 Å². The SMILES string of the molecule is CCC(=O)N(C)CC(CCN1CCC2(CC1)c1ccccc1C[S@]2=O)(c1ccc(Cl)c(Cl)c1)N(C)C(=O)O. The highest BCUT2D eigenvalue weighted by molar-refractivity contribution is 7.85. The highest BCUT2D eigenvalue weighted by Crippen LogP contribution is 2.47. The first-order chi connectivity index (χ1) is 18.0. The van der Waals surface area contributed by atoms with Crippen molar-refractivity contribution in [1.82, 2.24) is 14.7 Å². The number of hydrogen-bond donors (Lipinski definition) is 1. The maximum Gasteiger partial charge on any atom is 0.407 e. The molecule has 2 aliphatic heterocycles. The third kappa shape index (κ3) is 5.33. The van der Waals surface area contributed by atoms with Gasteiger partial charge in [-0.05, 0) is 61.2 Å². The van der Waals surface area contributed by atoms with Crippen molar-refractivity contribution < 1.29 is 18.9 Å². The van der Waals surface area contributed by atoms with E-state index in [1.165, 1.54) is 16.0 Å². The van der Waals surface area contributed by atoms with Gasteiger partial charge in [-0.1, -0.05) is 60.5 Å². The summed E-state index contributed by atoms with van der Waals surface area (Å²) in [5.41, 5.74) is 2.04. The van der Waals surface area contributed by atoms with Crippen LogP contribution in [0.1, 0.15) is 49.3 Å². The van der Waals surface area contributed by atoms with Crippen LogP contribution in [0.5, 0.6) is 0 Å². The second kappa shape index (κ2) is 11.5. The van der Waals surface area contributed by atoms with Crippen molar-refractivity contribution in [2.75, 3.05) is 40.3 Å². The lowest BCUT2D eigenvalue weighted by Crippen LogP contribution is -2.55. The number of fused-ring (bicyclic) bond motifs is 2. The lowest BCUT2D eigenvalue weighted by atomic mass is 9.83. The van der Waals surface area contributed by atoms with Crippen molar-refractivity contribution in [2.45, 2.75) is 48.6 Å². The number of nitrogens with zero attached hydrogens (tertiary/aromatic N) is 3. The van der Waals surface area contributed by atoms with Crippen LogP contribution in [0.3, 0.4) is 0 Å². The Bertz CT molecular complexity index is 1230. The van der Waals surface area contributed by atoms with Gasteiger partial charge >= 0.3 is 6.09 Å². The van der Waals surface area contributed by atoms with Gasteiger partial charge in [-0.3, -0.25) is 13.9 Å². The highest BCUT2D eigenvalue weighted by Gasteiger charge is 2.47. The molecule has 2 atom stereocenters. The molecule has 2 heterocycles. The number of likely N-dealkylation sites (tertiary alicyclic amines) is 1. The molecule has 7 nitrogen and oxygen atoms in total. The number of carbonyl (C=O) groups excluding carboxylic acids is 1. The Kier molecular flexibility index (Phi) is 8.77. The molecule has 1 spiro atoms. The van der Waals surface area contributed by atoms with Gasteiger partial charge in [-0.15, -0.1) is 0 Å². The summed E-state index contributed by atoms with van der Waals surface area (Å²) in [7, 11) is 2.29. The number of carbonyl (C=O) groups is 2. The van der Waals surface area contributed by atoms with Gasteiger partial charge in [0, 0.05) is 50.2 Å². The molecule has 2 aromatic rings. The van der Waals surface area contributed by atoms with Crippen molar-refractivity contribution in [3.05, 3.63) is 69.2 Å². The summed E-state index contributed by atoms with van der Waals surface area (Å²) in [4.78, 5) is 30.2. The Labute approximate surface area is 237 Å². The molecule has 0 bridgehead atoms. The maximum atomic E-state index is 13.2. The Morgan fingerprint density at radius 1 is 1.11 bits per heavy atom. The molecule has 0 aromatic heterocycles. The van der Waals surface area contributed by atoms with Crippen LogP contribution >= 0.6 is 23.2 Å². The van der Waals surface area contributed by atoms with Gasteiger partial charge in [0.25, 0.3) is 0 Å². The molecule has 4 rings (SSSR count). The second-order valence-corrected chi connectivity index (χ2v) is 12.9. The molecule has 2 aliphatic rings. The van der Waals surface area contributed by atoms with E-state index >= 15 is 0 Å². The summed E-state index contributed by atoms with van der Waals surface area (Å²) in [6.07, 6.45) is 1.25. The third-order valence-electron chi connectivity index (χ3n) is 8.35. The number of benzene rings is 2. The van der Waals surface area contributed by atoms with Crippen LogP contribution in [0.15, 0.2) is 42.5 Å². The predicted octanol–water partition coefficient (Wildman–Crippen LogP) is 5.31. The third-order valence-corrected chi connectivity index (χ3v) is 11.2. The molecular weight excluding hydrogens is 545 g/mol. The van der Waals surface area contributed by atoms with Crippen LogP contribution in [0.2, 0.25) is 10.0 Å². The largest absolute Gasteiger partial charge is 0.465 e. The molecule has 10 heteroatoms. The quantitative estimate of drug-likeness (QED) is 0.458. The van der Waals surface area contributed by atoms with Gasteiger partial charge in [-0.2, -0.15) is 0 Å². The molecule has 38 heavy (non-hydrogen) atoms. The summed E-state index contributed by atoms with van der Waals surface area (Å²) >= 11 is 12.6. The highest BCUT2D eigenvalue weighted by atomic mass is 35.5. The van der Waals surface area contributed by atoms with Crippen molar-refractivity contribution in [1.29, 1.82) is 0 Å². The topological polar surface area (TPSA) is 81.2 Å². The zero-order chi connectivity index (χ0) is 27.7. The van der Waals surface area contributed by atoms with Crippen molar-refractivity contribution >= 4 is 46.0 Å². The van der Waals surface area contributed by atoms with Gasteiger partial charge < -0.3 is 14.9 Å². The Balaban J connectivity index is 1.60. The summed E-state index contributed by atoms with van der Waals surface area (Å²) in [6.45, 7) is 4.09. The summed E-state index contributed by atoms with van der Waals surface area (Å²) in [6, 6.07) is 13.4. The van der Waals surface area contributed by atoms with Gasteiger partial charge in [-0.25, -0.2) is 4.79 Å². The fourth-order valence-corrected chi connectivity index (χ4v) is 8.16. The fourth-order valence-electron chi connectivity index (χ4n) is 5.97. The molecule has 1 unspecified atom stereocenters. The fraction of sp³-hybridized carbons (Fsp3) is 0.500. The van der Waals surface area contributed by atoms with Crippen LogP contribution in [-0.4, -0.2) is 76.3 Å². The van der Waals surface area contributed by atoms with E-state index < -0.39 is 22.4 Å². The number of rotatable bonds is 8. The molecule has 0 aliphatic carbocycles. The monoisotopic (exact) mass is 579 g/mol. The lowest BCUT2D eigenvalue weighted by Gasteiger charge is -2.45. The first kappa shape index (κ1) is 28.9. The average Bonchev–Trinajstić information content (AvgIpc) is 3.18. The Morgan fingerprint density at radius 3 is 2.42 bits per heavy atom. The number of amides is 2. The van der Waals surface area contributed by atoms with Gasteiger partial charge in [0.05, 0.1) is 20.3 Å². The summed E-state index contributed by atoms with van der Waals surface area (Å²) in [5.74, 6) is 0.535. The van der Waals surface area contributed by atoms with Gasteiger partial charge in [0.2, 0.25) is 5.91 Å². The van der Waals surface area contributed by atoms with Crippen LogP contribution in [0.4, 0.5) is 4.79 Å². The van der Waals surface area contributed by atoms with Crippen LogP contribution in [0, 0.1) is 0 Å². The van der Waals surface area contributed by atoms with Crippen molar-refractivity contribution in [3.8, 4) is 0 Å². The first-order valence-electron chi connectivity index (χ1n) is 12.9. The molecule has 2 aromatic carbocycles. The van der Waals surface area contributed by atoms with Crippen molar-refractivity contribution in [3.63, 3.8) is 0 Å². The first-order valence-corrected chi connectivity index (χ1v) is 15.0. The maximum absolute atomic E-state index is 13.2. The van der Waals surface area contributed by atoms with E-state index in [0.29, 0.717) is 40.7 Å². The minimum absolute atomic E-state index is 0.0736. The van der Waals surface area contributed by atoms with E-state index in [2.05, 4.69) is 17.0 Å². The predicted molar refractivity (Wildman–Crippen MR) is 152 cm³/mol. The van der Waals surface area contributed by atoms with E-state index in [4.69, 9.17) is 23.2 Å². The number of hydrogen-bond acceptors (Lipinski definition) is 4. The van der Waals surface area contributed by atoms with Crippen LogP contribution in [-0.2, 0) is 31.6 Å². The average molecular weight is 581 g/mol. The zero-order valence-corrected chi connectivity index (χ0v) is 24.4. The smallest absolute Gasteiger partial charge is 0.407 e. The van der Waals surface area contributed by atoms with Crippen molar-refractivity contribution in [2.24, 2.45) is 0 Å². The molecule has 206 valence electrons. The molecule has 2 amide bonds. The number of carboxylic acid groups (broad SMARTS) is 1. The van der Waals surface area contributed by atoms with Gasteiger partial charge in [0.1, 0.15) is 0 Å². The normalized spacial score (nSPS) is 20.1. The second-order valence-electron chi connectivity index (χ2n) is 10.3. The Morgan fingerprint density at radius 2 is 1.79 bits per heavy atom. The van der Waals surface area contributed by atoms with E-state index in [9.17, 15) is 18.9 Å². The standard InChI is InChI=1S/C28H35Cl2N3O4S/c1-4-25(34)31(2)19-27(32(3)26(35)36,21-9-10-23(29)24(30)17-21)11-14-33-15-12-28(13-16-33)22-8-6-5-7-20(22)18-38(28)37/h5-10,17H,4,11-16,18-19H2,1-3H3,(H,35,36)/t27?,38-/m1/s1. The summed E-state index contributed by atoms with van der Waals surface area (Å²) < 4.78 is 12.9. The molecule has 1 N–H and O–H groups in total. The zero-order valence-electron chi connectivity index (χ0n) is 22.1.